The molecule has 23 heavy (non-hydrogen) atoms. The average molecular weight is 339 g/mol. The average Bonchev–Trinajstić information content (AvgIpc) is 2.83. The second kappa shape index (κ2) is 8.07. The summed E-state index contributed by atoms with van der Waals surface area (Å²) in [7, 11) is 1.58. The molecule has 2 heterocycles. The lowest BCUT2D eigenvalue weighted by molar-refractivity contribution is -0.134. The summed E-state index contributed by atoms with van der Waals surface area (Å²) in [5, 5.41) is 4.74. The smallest absolute Gasteiger partial charge is 0.322 e. The first kappa shape index (κ1) is 17.4. The standard InChI is InChI=1S/C15H21N3O4S/c1-10-3-4-11(23-10)9-18(7-8-22-2)14(20)12-5-6-13(19)17-15(21)16-12/h3-4,12H,5-9H2,1-2H3,(H2,16,17,19,21). The highest BCUT2D eigenvalue weighted by Gasteiger charge is 2.29. The van der Waals surface area contributed by atoms with E-state index in [-0.39, 0.29) is 18.2 Å². The molecule has 0 radical (unpaired) electrons. The molecule has 1 aliphatic heterocycles. The number of urea groups is 1. The van der Waals surface area contributed by atoms with Crippen LogP contribution in [0.15, 0.2) is 12.1 Å². The Bertz CT molecular complexity index is 587. The van der Waals surface area contributed by atoms with Crippen LogP contribution in [0.25, 0.3) is 0 Å². The molecule has 0 spiro atoms. The number of hydrogen-bond donors (Lipinski definition) is 2. The quantitative estimate of drug-likeness (QED) is 0.810. The van der Waals surface area contributed by atoms with E-state index in [4.69, 9.17) is 4.74 Å². The van der Waals surface area contributed by atoms with Crippen LogP contribution in [0.3, 0.4) is 0 Å². The number of thiophene rings is 1. The molecule has 0 saturated carbocycles. The van der Waals surface area contributed by atoms with Crippen LogP contribution >= 0.6 is 11.3 Å². The van der Waals surface area contributed by atoms with Crippen molar-refractivity contribution in [3.63, 3.8) is 0 Å². The van der Waals surface area contributed by atoms with E-state index in [1.807, 2.05) is 19.1 Å². The van der Waals surface area contributed by atoms with Crippen LogP contribution in [0.2, 0.25) is 0 Å². The van der Waals surface area contributed by atoms with Crippen LogP contribution in [0, 0.1) is 6.92 Å². The molecule has 1 aromatic heterocycles. The highest BCUT2D eigenvalue weighted by Crippen LogP contribution is 2.18. The van der Waals surface area contributed by atoms with Gasteiger partial charge in [-0.1, -0.05) is 0 Å². The lowest BCUT2D eigenvalue weighted by Gasteiger charge is -2.26. The zero-order valence-electron chi connectivity index (χ0n) is 13.3. The number of imide groups is 1. The van der Waals surface area contributed by atoms with Crippen molar-refractivity contribution in [2.24, 2.45) is 0 Å². The Labute approximate surface area is 139 Å². The molecule has 1 fully saturated rings. The summed E-state index contributed by atoms with van der Waals surface area (Å²) < 4.78 is 5.07. The second-order valence-electron chi connectivity index (χ2n) is 5.38. The van der Waals surface area contributed by atoms with Gasteiger partial charge in [0.05, 0.1) is 13.2 Å². The molecule has 1 atom stereocenters. The minimum Gasteiger partial charge on any atom is -0.383 e. The number of aryl methyl sites for hydroxylation is 1. The first-order valence-corrected chi connectivity index (χ1v) is 8.24. The molecule has 2 N–H and O–H groups in total. The van der Waals surface area contributed by atoms with Crippen molar-refractivity contribution >= 4 is 29.2 Å². The molecule has 8 heteroatoms. The van der Waals surface area contributed by atoms with E-state index in [1.54, 1.807) is 23.3 Å². The van der Waals surface area contributed by atoms with Gasteiger partial charge in [-0.25, -0.2) is 4.79 Å². The fourth-order valence-corrected chi connectivity index (χ4v) is 3.27. The molecular weight excluding hydrogens is 318 g/mol. The van der Waals surface area contributed by atoms with Crippen molar-refractivity contribution in [1.29, 1.82) is 0 Å². The molecule has 126 valence electrons. The fourth-order valence-electron chi connectivity index (χ4n) is 2.36. The zero-order chi connectivity index (χ0) is 16.8. The molecule has 1 unspecified atom stereocenters. The van der Waals surface area contributed by atoms with Crippen molar-refractivity contribution in [2.45, 2.75) is 32.4 Å². The van der Waals surface area contributed by atoms with Gasteiger partial charge in [0.1, 0.15) is 6.04 Å². The molecule has 1 saturated heterocycles. The van der Waals surface area contributed by atoms with Gasteiger partial charge in [0.15, 0.2) is 0 Å². The predicted molar refractivity (Wildman–Crippen MR) is 86.0 cm³/mol. The van der Waals surface area contributed by atoms with Crippen molar-refractivity contribution in [2.75, 3.05) is 20.3 Å². The summed E-state index contributed by atoms with van der Waals surface area (Å²) in [4.78, 5) is 39.6. The lowest BCUT2D eigenvalue weighted by Crippen LogP contribution is -2.50. The summed E-state index contributed by atoms with van der Waals surface area (Å²) in [5.41, 5.74) is 0. The van der Waals surface area contributed by atoms with Crippen LogP contribution in [0.4, 0.5) is 4.79 Å². The van der Waals surface area contributed by atoms with E-state index in [2.05, 4.69) is 10.6 Å². The monoisotopic (exact) mass is 339 g/mol. The Morgan fingerprint density at radius 1 is 1.43 bits per heavy atom. The minimum atomic E-state index is -0.695. The number of rotatable bonds is 6. The van der Waals surface area contributed by atoms with Crippen LogP contribution in [-0.4, -0.2) is 49.0 Å². The van der Waals surface area contributed by atoms with Crippen molar-refractivity contribution in [1.82, 2.24) is 15.5 Å². The maximum atomic E-state index is 12.7. The molecule has 1 aliphatic rings. The fraction of sp³-hybridized carbons (Fsp3) is 0.533. The van der Waals surface area contributed by atoms with E-state index in [9.17, 15) is 14.4 Å². The summed E-state index contributed by atoms with van der Waals surface area (Å²) >= 11 is 1.63. The van der Waals surface area contributed by atoms with E-state index in [1.165, 1.54) is 4.88 Å². The number of nitrogens with one attached hydrogen (secondary N) is 2. The van der Waals surface area contributed by atoms with Gasteiger partial charge in [0, 0.05) is 29.8 Å². The SMILES string of the molecule is COCCN(Cc1ccc(C)s1)C(=O)C1CCC(=O)NC(=O)N1. The number of carbonyl (C=O) groups is 3. The van der Waals surface area contributed by atoms with Crippen molar-refractivity contribution in [3.05, 3.63) is 21.9 Å². The van der Waals surface area contributed by atoms with Gasteiger partial charge in [0.2, 0.25) is 11.8 Å². The molecule has 0 bridgehead atoms. The Kier molecular flexibility index (Phi) is 6.12. The number of hydrogen-bond acceptors (Lipinski definition) is 5. The number of carbonyl (C=O) groups excluding carboxylic acids is 3. The predicted octanol–water partition coefficient (Wildman–Crippen LogP) is 1.02. The summed E-state index contributed by atoms with van der Waals surface area (Å²) in [6.45, 7) is 3.32. The highest BCUT2D eigenvalue weighted by molar-refractivity contribution is 7.11. The first-order valence-electron chi connectivity index (χ1n) is 7.43. The number of nitrogens with zero attached hydrogens (tertiary/aromatic N) is 1. The van der Waals surface area contributed by atoms with Crippen LogP contribution < -0.4 is 10.6 Å². The Hall–Kier alpha value is -1.93. The van der Waals surface area contributed by atoms with Gasteiger partial charge in [-0.3, -0.25) is 14.9 Å². The van der Waals surface area contributed by atoms with E-state index in [0.29, 0.717) is 26.1 Å². The maximum Gasteiger partial charge on any atom is 0.322 e. The van der Waals surface area contributed by atoms with Gasteiger partial charge in [-0.2, -0.15) is 0 Å². The Morgan fingerprint density at radius 3 is 2.87 bits per heavy atom. The van der Waals surface area contributed by atoms with Crippen LogP contribution in [0.1, 0.15) is 22.6 Å². The third kappa shape index (κ3) is 5.04. The summed E-state index contributed by atoms with van der Waals surface area (Å²) in [6, 6.07) is 2.68. The van der Waals surface area contributed by atoms with Crippen molar-refractivity contribution < 1.29 is 19.1 Å². The van der Waals surface area contributed by atoms with Gasteiger partial charge in [-0.05, 0) is 25.5 Å². The van der Waals surface area contributed by atoms with E-state index >= 15 is 0 Å². The second-order valence-corrected chi connectivity index (χ2v) is 6.75. The first-order chi connectivity index (χ1) is 11.0. The summed E-state index contributed by atoms with van der Waals surface area (Å²) in [5.74, 6) is -0.562. The van der Waals surface area contributed by atoms with E-state index in [0.717, 1.165) is 4.88 Å². The maximum absolute atomic E-state index is 12.7. The lowest BCUT2D eigenvalue weighted by atomic mass is 10.1. The zero-order valence-corrected chi connectivity index (χ0v) is 14.1. The molecule has 7 nitrogen and oxygen atoms in total. The van der Waals surface area contributed by atoms with Crippen LogP contribution in [0.5, 0.6) is 0 Å². The van der Waals surface area contributed by atoms with Crippen LogP contribution in [-0.2, 0) is 20.9 Å². The normalized spacial score (nSPS) is 18.1. The number of amides is 4. The number of methoxy groups -OCH3 is 1. The molecule has 2 rings (SSSR count). The molecule has 1 aromatic rings. The molecule has 0 aromatic carbocycles. The third-order valence-electron chi connectivity index (χ3n) is 3.54. The number of ether oxygens (including phenoxy) is 1. The Morgan fingerprint density at radius 2 is 2.22 bits per heavy atom. The van der Waals surface area contributed by atoms with Crippen molar-refractivity contribution in [3.8, 4) is 0 Å². The Balaban J connectivity index is 2.08. The molecule has 0 aliphatic carbocycles. The topological polar surface area (TPSA) is 87.7 Å². The van der Waals surface area contributed by atoms with Gasteiger partial charge < -0.3 is 15.0 Å². The molecule has 4 amide bonds. The van der Waals surface area contributed by atoms with Gasteiger partial charge in [-0.15, -0.1) is 11.3 Å². The van der Waals surface area contributed by atoms with Gasteiger partial charge >= 0.3 is 6.03 Å². The van der Waals surface area contributed by atoms with Gasteiger partial charge in [0.25, 0.3) is 0 Å². The largest absolute Gasteiger partial charge is 0.383 e. The minimum absolute atomic E-state index is 0.144. The molecular formula is C15H21N3O4S. The third-order valence-corrected chi connectivity index (χ3v) is 4.52. The highest BCUT2D eigenvalue weighted by atomic mass is 32.1. The van der Waals surface area contributed by atoms with E-state index < -0.39 is 12.1 Å². The summed E-state index contributed by atoms with van der Waals surface area (Å²) in [6.07, 6.45) is 0.439.